The molecular weight excluding hydrogens is 172 g/mol. The minimum atomic E-state index is -0.0313. The first-order valence-corrected chi connectivity index (χ1v) is 4.14. The SMILES string of the molecule is C=COC(C)c1ccccc1Cl. The third-order valence-electron chi connectivity index (χ3n) is 1.64. The molecule has 1 aromatic rings. The van der Waals surface area contributed by atoms with Crippen molar-refractivity contribution < 1.29 is 4.74 Å². The van der Waals surface area contributed by atoms with Gasteiger partial charge in [0.15, 0.2) is 0 Å². The lowest BCUT2D eigenvalue weighted by Crippen LogP contribution is -1.94. The molecule has 0 aliphatic heterocycles. The molecule has 0 bridgehead atoms. The third-order valence-corrected chi connectivity index (χ3v) is 1.99. The third kappa shape index (κ3) is 2.02. The van der Waals surface area contributed by atoms with Crippen LogP contribution >= 0.6 is 11.6 Å². The van der Waals surface area contributed by atoms with Crippen LogP contribution in [0.4, 0.5) is 0 Å². The van der Waals surface area contributed by atoms with Crippen molar-refractivity contribution in [2.24, 2.45) is 0 Å². The summed E-state index contributed by atoms with van der Waals surface area (Å²) in [5.41, 5.74) is 0.985. The Hall–Kier alpha value is -0.950. The van der Waals surface area contributed by atoms with Gasteiger partial charge in [-0.25, -0.2) is 0 Å². The number of hydrogen-bond acceptors (Lipinski definition) is 1. The van der Waals surface area contributed by atoms with Gasteiger partial charge in [-0.3, -0.25) is 0 Å². The van der Waals surface area contributed by atoms with E-state index in [4.69, 9.17) is 16.3 Å². The first kappa shape index (κ1) is 9.14. The highest BCUT2D eigenvalue weighted by atomic mass is 35.5. The Morgan fingerprint density at radius 2 is 2.17 bits per heavy atom. The van der Waals surface area contributed by atoms with Gasteiger partial charge in [-0.2, -0.15) is 0 Å². The topological polar surface area (TPSA) is 9.23 Å². The maximum absolute atomic E-state index is 5.94. The van der Waals surface area contributed by atoms with Gasteiger partial charge in [0, 0.05) is 10.6 Å². The summed E-state index contributed by atoms with van der Waals surface area (Å²) in [6.07, 6.45) is 1.39. The van der Waals surface area contributed by atoms with Crippen molar-refractivity contribution in [2.75, 3.05) is 0 Å². The first-order chi connectivity index (χ1) is 5.75. The summed E-state index contributed by atoms with van der Waals surface area (Å²) in [5.74, 6) is 0. The molecule has 1 aromatic carbocycles. The molecule has 1 unspecified atom stereocenters. The van der Waals surface area contributed by atoms with Crippen LogP contribution in [0.25, 0.3) is 0 Å². The predicted molar refractivity (Wildman–Crippen MR) is 51.1 cm³/mol. The monoisotopic (exact) mass is 182 g/mol. The van der Waals surface area contributed by atoms with Crippen molar-refractivity contribution in [1.82, 2.24) is 0 Å². The Balaban J connectivity index is 2.86. The van der Waals surface area contributed by atoms with Crippen molar-refractivity contribution in [3.63, 3.8) is 0 Å². The zero-order chi connectivity index (χ0) is 8.97. The smallest absolute Gasteiger partial charge is 0.121 e. The number of ether oxygens (including phenoxy) is 1. The molecule has 0 radical (unpaired) electrons. The molecule has 0 aliphatic rings. The molecule has 0 fully saturated rings. The van der Waals surface area contributed by atoms with Crippen LogP contribution in [0.3, 0.4) is 0 Å². The van der Waals surface area contributed by atoms with E-state index in [1.54, 1.807) is 0 Å². The van der Waals surface area contributed by atoms with Crippen LogP contribution in [0.2, 0.25) is 5.02 Å². The number of hydrogen-bond donors (Lipinski definition) is 0. The second-order valence-corrected chi connectivity index (χ2v) is 2.87. The van der Waals surface area contributed by atoms with Crippen molar-refractivity contribution in [1.29, 1.82) is 0 Å². The highest BCUT2D eigenvalue weighted by Gasteiger charge is 2.07. The minimum absolute atomic E-state index is 0.0313. The molecule has 1 rings (SSSR count). The van der Waals surface area contributed by atoms with E-state index < -0.39 is 0 Å². The Morgan fingerprint density at radius 1 is 1.50 bits per heavy atom. The molecule has 1 atom stereocenters. The van der Waals surface area contributed by atoms with Crippen LogP contribution in [0.1, 0.15) is 18.6 Å². The van der Waals surface area contributed by atoms with Crippen LogP contribution in [-0.2, 0) is 4.74 Å². The van der Waals surface area contributed by atoms with Gasteiger partial charge in [0.1, 0.15) is 6.10 Å². The van der Waals surface area contributed by atoms with Crippen LogP contribution in [0.15, 0.2) is 37.1 Å². The maximum Gasteiger partial charge on any atom is 0.121 e. The molecule has 0 saturated carbocycles. The van der Waals surface area contributed by atoms with Gasteiger partial charge < -0.3 is 4.74 Å². The average molecular weight is 183 g/mol. The van der Waals surface area contributed by atoms with Gasteiger partial charge in [-0.05, 0) is 13.0 Å². The Morgan fingerprint density at radius 3 is 2.75 bits per heavy atom. The molecule has 0 N–H and O–H groups in total. The number of benzene rings is 1. The molecule has 1 nitrogen and oxygen atoms in total. The van der Waals surface area contributed by atoms with Crippen molar-refractivity contribution in [3.8, 4) is 0 Å². The lowest BCUT2D eigenvalue weighted by Gasteiger charge is -2.12. The number of rotatable bonds is 3. The van der Waals surface area contributed by atoms with E-state index in [-0.39, 0.29) is 6.10 Å². The molecule has 0 heterocycles. The summed E-state index contributed by atoms with van der Waals surface area (Å²) < 4.78 is 5.19. The van der Waals surface area contributed by atoms with Crippen LogP contribution in [0.5, 0.6) is 0 Å². The van der Waals surface area contributed by atoms with E-state index in [0.717, 1.165) is 10.6 Å². The van der Waals surface area contributed by atoms with Gasteiger partial charge in [-0.15, -0.1) is 0 Å². The van der Waals surface area contributed by atoms with Gasteiger partial charge in [0.25, 0.3) is 0 Å². The van der Waals surface area contributed by atoms with E-state index in [0.29, 0.717) is 0 Å². The van der Waals surface area contributed by atoms with Crippen LogP contribution in [0, 0.1) is 0 Å². The van der Waals surface area contributed by atoms with E-state index in [9.17, 15) is 0 Å². The predicted octanol–water partition coefficient (Wildman–Crippen LogP) is 3.56. The summed E-state index contributed by atoms with van der Waals surface area (Å²) in [6.45, 7) is 5.42. The summed E-state index contributed by atoms with van der Waals surface area (Å²) in [7, 11) is 0. The lowest BCUT2D eigenvalue weighted by atomic mass is 10.1. The standard InChI is InChI=1S/C10H11ClO/c1-3-12-8(2)9-6-4-5-7-10(9)11/h3-8H,1H2,2H3. The average Bonchev–Trinajstić information content (AvgIpc) is 2.05. The number of halogens is 1. The largest absolute Gasteiger partial charge is 0.494 e. The Bertz CT molecular complexity index is 270. The quantitative estimate of drug-likeness (QED) is 0.650. The molecule has 0 saturated heterocycles. The summed E-state index contributed by atoms with van der Waals surface area (Å²) in [6, 6.07) is 7.62. The van der Waals surface area contributed by atoms with Crippen LogP contribution in [-0.4, -0.2) is 0 Å². The molecule has 0 spiro atoms. The van der Waals surface area contributed by atoms with Crippen molar-refractivity contribution in [2.45, 2.75) is 13.0 Å². The highest BCUT2D eigenvalue weighted by molar-refractivity contribution is 6.31. The van der Waals surface area contributed by atoms with Crippen molar-refractivity contribution in [3.05, 3.63) is 47.7 Å². The molecule has 0 aliphatic carbocycles. The zero-order valence-electron chi connectivity index (χ0n) is 6.96. The highest BCUT2D eigenvalue weighted by Crippen LogP contribution is 2.24. The van der Waals surface area contributed by atoms with Crippen LogP contribution < -0.4 is 0 Å². The summed E-state index contributed by atoms with van der Waals surface area (Å²) in [5, 5.41) is 0.729. The second kappa shape index (κ2) is 4.17. The molecule has 12 heavy (non-hydrogen) atoms. The van der Waals surface area contributed by atoms with E-state index in [2.05, 4.69) is 6.58 Å². The fourth-order valence-corrected chi connectivity index (χ4v) is 1.31. The van der Waals surface area contributed by atoms with Crippen molar-refractivity contribution >= 4 is 11.6 Å². The fraction of sp³-hybridized carbons (Fsp3) is 0.200. The van der Waals surface area contributed by atoms with Gasteiger partial charge >= 0.3 is 0 Å². The molecular formula is C10H11ClO. The van der Waals surface area contributed by atoms with Gasteiger partial charge in [-0.1, -0.05) is 36.4 Å². The Labute approximate surface area is 77.6 Å². The first-order valence-electron chi connectivity index (χ1n) is 3.76. The normalized spacial score (nSPS) is 12.2. The fourth-order valence-electron chi connectivity index (χ4n) is 1.02. The molecule has 0 amide bonds. The maximum atomic E-state index is 5.94. The van der Waals surface area contributed by atoms with Gasteiger partial charge in [0.05, 0.1) is 6.26 Å². The molecule has 2 heteroatoms. The lowest BCUT2D eigenvalue weighted by molar-refractivity contribution is 0.165. The molecule has 0 aromatic heterocycles. The van der Waals surface area contributed by atoms with E-state index in [1.807, 2.05) is 31.2 Å². The summed E-state index contributed by atoms with van der Waals surface area (Å²) in [4.78, 5) is 0. The van der Waals surface area contributed by atoms with E-state index in [1.165, 1.54) is 6.26 Å². The zero-order valence-corrected chi connectivity index (χ0v) is 7.71. The van der Waals surface area contributed by atoms with E-state index >= 15 is 0 Å². The van der Waals surface area contributed by atoms with Gasteiger partial charge in [0.2, 0.25) is 0 Å². The Kier molecular flexibility index (Phi) is 3.18. The molecule has 64 valence electrons. The minimum Gasteiger partial charge on any atom is -0.494 e. The second-order valence-electron chi connectivity index (χ2n) is 2.47. The summed E-state index contributed by atoms with van der Waals surface area (Å²) >= 11 is 5.94.